The van der Waals surface area contributed by atoms with Crippen LogP contribution in [0, 0.1) is 0 Å². The zero-order chi connectivity index (χ0) is 25.1. The highest BCUT2D eigenvalue weighted by atomic mass is 79.9. The van der Waals surface area contributed by atoms with E-state index in [0.29, 0.717) is 5.88 Å². The van der Waals surface area contributed by atoms with Gasteiger partial charge in [-0.3, -0.25) is 0 Å². The van der Waals surface area contributed by atoms with Gasteiger partial charge in [-0.2, -0.15) is 0 Å². The van der Waals surface area contributed by atoms with E-state index in [2.05, 4.69) is 126 Å². The van der Waals surface area contributed by atoms with Gasteiger partial charge in [0.2, 0.25) is 5.88 Å². The van der Waals surface area contributed by atoms with Crippen molar-refractivity contribution >= 4 is 43.2 Å². The summed E-state index contributed by atoms with van der Waals surface area (Å²) in [6.45, 7) is 0.816. The first kappa shape index (κ1) is 24.2. The average Bonchev–Trinajstić information content (AvgIpc) is 2.90. The maximum Gasteiger partial charge on any atom is 0.217 e. The summed E-state index contributed by atoms with van der Waals surface area (Å²) in [6, 6.07) is 34.2. The van der Waals surface area contributed by atoms with E-state index in [1.165, 1.54) is 27.5 Å². The van der Waals surface area contributed by atoms with Crippen LogP contribution in [0.5, 0.6) is 5.88 Å². The molecule has 3 nitrogen and oxygen atoms in total. The van der Waals surface area contributed by atoms with Gasteiger partial charge in [0.1, 0.15) is 0 Å². The third-order valence-electron chi connectivity index (χ3n) is 6.49. The molecule has 0 saturated heterocycles. The first-order chi connectivity index (χ1) is 17.5. The molecule has 1 heterocycles. The second kappa shape index (κ2) is 10.7. The zero-order valence-electron chi connectivity index (χ0n) is 20.8. The third kappa shape index (κ3) is 4.92. The molecule has 0 N–H and O–H groups in total. The van der Waals surface area contributed by atoms with Gasteiger partial charge in [0.25, 0.3) is 0 Å². The van der Waals surface area contributed by atoms with Crippen LogP contribution in [-0.2, 0) is 0 Å². The summed E-state index contributed by atoms with van der Waals surface area (Å²) in [5.74, 6) is 0.581. The fraction of sp³-hybridized carbons (Fsp3) is 0.156. The molecule has 0 fully saturated rings. The molecule has 0 radical (unpaired) electrons. The summed E-state index contributed by atoms with van der Waals surface area (Å²) in [5.41, 5.74) is 5.62. The second-order valence-corrected chi connectivity index (χ2v) is 10.1. The molecule has 36 heavy (non-hydrogen) atoms. The van der Waals surface area contributed by atoms with E-state index in [9.17, 15) is 0 Å². The number of hydrogen-bond donors (Lipinski definition) is 0. The molecule has 0 spiro atoms. The highest BCUT2D eigenvalue weighted by molar-refractivity contribution is 9.10. The monoisotopic (exact) mass is 536 g/mol. The van der Waals surface area contributed by atoms with Crippen LogP contribution in [0.2, 0.25) is 0 Å². The Bertz CT molecular complexity index is 1540. The van der Waals surface area contributed by atoms with Crippen molar-refractivity contribution in [2.75, 3.05) is 27.7 Å². The zero-order valence-corrected chi connectivity index (χ0v) is 22.4. The maximum absolute atomic E-state index is 5.92. The van der Waals surface area contributed by atoms with Crippen LogP contribution in [0.4, 0.5) is 0 Å². The number of pyridine rings is 1. The Hall–Kier alpha value is -3.47. The van der Waals surface area contributed by atoms with Crippen LogP contribution < -0.4 is 4.74 Å². The smallest absolute Gasteiger partial charge is 0.217 e. The Kier molecular flexibility index (Phi) is 7.17. The van der Waals surface area contributed by atoms with Crippen molar-refractivity contribution in [2.24, 2.45) is 0 Å². The standard InChI is InChI=1S/C32H29BrN2O/c1-35(2)19-18-28(27-15-9-13-22-10-7-8-14-26(22)27)31(23-11-5-4-6-12-23)29-21-24-20-25(33)16-17-30(24)34-32(29)36-3/h4-18,20-21,31H,19H2,1-3H3/b28-18-. The van der Waals surface area contributed by atoms with E-state index < -0.39 is 0 Å². The van der Waals surface area contributed by atoms with E-state index in [1.54, 1.807) is 7.11 Å². The number of fused-ring (bicyclic) bond motifs is 2. The molecule has 1 atom stereocenters. The molecule has 0 aliphatic carbocycles. The molecule has 5 aromatic rings. The highest BCUT2D eigenvalue weighted by Gasteiger charge is 2.26. The molecule has 4 aromatic carbocycles. The van der Waals surface area contributed by atoms with Gasteiger partial charge in [0, 0.05) is 27.9 Å². The number of halogens is 1. The van der Waals surface area contributed by atoms with E-state index in [-0.39, 0.29) is 5.92 Å². The van der Waals surface area contributed by atoms with Crippen LogP contribution in [0.1, 0.15) is 22.6 Å². The maximum atomic E-state index is 5.92. The van der Waals surface area contributed by atoms with Crippen molar-refractivity contribution in [2.45, 2.75) is 5.92 Å². The SMILES string of the molecule is COc1nc2ccc(Br)cc2cc1C(/C(=C\CN(C)C)c1cccc2ccccc12)c1ccccc1. The minimum absolute atomic E-state index is 0.0669. The van der Waals surface area contributed by atoms with Gasteiger partial charge in [-0.1, -0.05) is 94.8 Å². The normalized spacial score (nSPS) is 12.9. The lowest BCUT2D eigenvalue weighted by Gasteiger charge is -2.26. The van der Waals surface area contributed by atoms with Crippen LogP contribution in [0.15, 0.2) is 108 Å². The van der Waals surface area contributed by atoms with Crippen molar-refractivity contribution in [3.63, 3.8) is 0 Å². The quantitative estimate of drug-likeness (QED) is 0.211. The van der Waals surface area contributed by atoms with Crippen molar-refractivity contribution < 1.29 is 4.74 Å². The van der Waals surface area contributed by atoms with Gasteiger partial charge in [-0.15, -0.1) is 0 Å². The van der Waals surface area contributed by atoms with Crippen molar-refractivity contribution in [1.82, 2.24) is 9.88 Å². The minimum atomic E-state index is -0.0669. The van der Waals surface area contributed by atoms with Gasteiger partial charge >= 0.3 is 0 Å². The molecule has 5 rings (SSSR count). The van der Waals surface area contributed by atoms with Crippen molar-refractivity contribution in [3.8, 4) is 5.88 Å². The highest BCUT2D eigenvalue weighted by Crippen LogP contribution is 2.44. The Morgan fingerprint density at radius 2 is 1.64 bits per heavy atom. The van der Waals surface area contributed by atoms with E-state index in [1.807, 2.05) is 12.1 Å². The molecule has 0 aliphatic rings. The molecular formula is C32H29BrN2O. The Morgan fingerprint density at radius 1 is 0.889 bits per heavy atom. The second-order valence-electron chi connectivity index (χ2n) is 9.22. The summed E-state index contributed by atoms with van der Waals surface area (Å²) >= 11 is 3.63. The number of methoxy groups -OCH3 is 1. The Morgan fingerprint density at radius 3 is 2.42 bits per heavy atom. The number of benzene rings is 4. The van der Waals surface area contributed by atoms with Gasteiger partial charge in [0.15, 0.2) is 0 Å². The topological polar surface area (TPSA) is 25.4 Å². The van der Waals surface area contributed by atoms with Crippen LogP contribution >= 0.6 is 15.9 Å². The molecule has 1 unspecified atom stereocenters. The van der Waals surface area contributed by atoms with Crippen LogP contribution in [0.3, 0.4) is 0 Å². The first-order valence-corrected chi connectivity index (χ1v) is 12.9. The molecular weight excluding hydrogens is 508 g/mol. The summed E-state index contributed by atoms with van der Waals surface area (Å²) < 4.78 is 6.95. The largest absolute Gasteiger partial charge is 0.481 e. The Labute approximate surface area is 221 Å². The lowest BCUT2D eigenvalue weighted by atomic mass is 9.80. The third-order valence-corrected chi connectivity index (χ3v) is 6.99. The average molecular weight is 538 g/mol. The number of aromatic nitrogens is 1. The van der Waals surface area contributed by atoms with E-state index in [4.69, 9.17) is 9.72 Å². The van der Waals surface area contributed by atoms with Gasteiger partial charge in [0.05, 0.1) is 12.6 Å². The molecule has 4 heteroatoms. The van der Waals surface area contributed by atoms with Gasteiger partial charge in [-0.05, 0) is 65.8 Å². The molecule has 0 bridgehead atoms. The molecule has 0 amide bonds. The number of nitrogens with zero attached hydrogens (tertiary/aromatic N) is 2. The number of hydrogen-bond acceptors (Lipinski definition) is 3. The van der Waals surface area contributed by atoms with Gasteiger partial charge in [-0.25, -0.2) is 4.98 Å². The molecule has 1 aromatic heterocycles. The summed E-state index contributed by atoms with van der Waals surface area (Å²) in [4.78, 5) is 7.13. The number of allylic oxidation sites excluding steroid dienone is 1. The van der Waals surface area contributed by atoms with Crippen LogP contribution in [-0.4, -0.2) is 37.6 Å². The fourth-order valence-corrected chi connectivity index (χ4v) is 5.21. The molecule has 180 valence electrons. The molecule has 0 saturated carbocycles. The minimum Gasteiger partial charge on any atom is -0.481 e. The Balaban J connectivity index is 1.83. The van der Waals surface area contributed by atoms with Gasteiger partial charge < -0.3 is 9.64 Å². The summed E-state index contributed by atoms with van der Waals surface area (Å²) in [6.07, 6.45) is 2.35. The number of rotatable bonds is 7. The summed E-state index contributed by atoms with van der Waals surface area (Å²) in [7, 11) is 5.91. The van der Waals surface area contributed by atoms with Crippen LogP contribution in [0.25, 0.3) is 27.2 Å². The fourth-order valence-electron chi connectivity index (χ4n) is 4.83. The van der Waals surface area contributed by atoms with Crippen molar-refractivity contribution in [1.29, 1.82) is 0 Å². The van der Waals surface area contributed by atoms with Crippen molar-refractivity contribution in [3.05, 3.63) is 124 Å². The lowest BCUT2D eigenvalue weighted by molar-refractivity contribution is 0.394. The predicted molar refractivity (Wildman–Crippen MR) is 155 cm³/mol. The number of ether oxygens (including phenoxy) is 1. The molecule has 0 aliphatic heterocycles. The predicted octanol–water partition coefficient (Wildman–Crippen LogP) is 7.94. The first-order valence-electron chi connectivity index (χ1n) is 12.1. The number of likely N-dealkylation sites (N-methyl/N-ethyl adjacent to an activating group) is 1. The lowest BCUT2D eigenvalue weighted by Crippen LogP contribution is -2.14. The van der Waals surface area contributed by atoms with E-state index >= 15 is 0 Å². The van der Waals surface area contributed by atoms with E-state index in [0.717, 1.165) is 27.5 Å². The summed E-state index contributed by atoms with van der Waals surface area (Å²) in [5, 5.41) is 3.54.